The van der Waals surface area contributed by atoms with Gasteiger partial charge in [0.15, 0.2) is 6.10 Å². The van der Waals surface area contributed by atoms with Crippen molar-refractivity contribution in [3.05, 3.63) is 29.3 Å². The standard InChI is InChI=1S/C10H11ClO3/c1-2-9(10(12)13)14-8-5-3-7(11)4-6-8/h3-6,9H,2H2,1H3,(H,12,13)/t9-/m1/s1. The zero-order valence-corrected chi connectivity index (χ0v) is 8.49. The van der Waals surface area contributed by atoms with Crippen LogP contribution < -0.4 is 4.74 Å². The van der Waals surface area contributed by atoms with Crippen LogP contribution in [-0.4, -0.2) is 17.2 Å². The van der Waals surface area contributed by atoms with Crippen LogP contribution in [0.2, 0.25) is 5.02 Å². The molecule has 0 aliphatic rings. The van der Waals surface area contributed by atoms with Gasteiger partial charge in [0.25, 0.3) is 0 Å². The van der Waals surface area contributed by atoms with E-state index in [0.717, 1.165) is 0 Å². The quantitative estimate of drug-likeness (QED) is 0.838. The molecular weight excluding hydrogens is 204 g/mol. The van der Waals surface area contributed by atoms with E-state index in [1.807, 2.05) is 0 Å². The Morgan fingerprint density at radius 3 is 2.50 bits per heavy atom. The van der Waals surface area contributed by atoms with E-state index in [9.17, 15) is 4.79 Å². The molecule has 0 amide bonds. The maximum atomic E-state index is 10.7. The van der Waals surface area contributed by atoms with Crippen LogP contribution in [0.3, 0.4) is 0 Å². The van der Waals surface area contributed by atoms with Crippen molar-refractivity contribution in [3.8, 4) is 5.75 Å². The summed E-state index contributed by atoms with van der Waals surface area (Å²) in [7, 11) is 0. The van der Waals surface area contributed by atoms with Gasteiger partial charge in [-0.1, -0.05) is 18.5 Å². The summed E-state index contributed by atoms with van der Waals surface area (Å²) >= 11 is 5.67. The Morgan fingerprint density at radius 2 is 2.07 bits per heavy atom. The van der Waals surface area contributed by atoms with E-state index in [0.29, 0.717) is 17.2 Å². The predicted molar refractivity (Wildman–Crippen MR) is 53.8 cm³/mol. The van der Waals surface area contributed by atoms with E-state index < -0.39 is 12.1 Å². The molecule has 1 aromatic rings. The Bertz CT molecular complexity index is 308. The highest BCUT2D eigenvalue weighted by molar-refractivity contribution is 6.30. The molecule has 0 bridgehead atoms. The second kappa shape index (κ2) is 4.86. The summed E-state index contributed by atoms with van der Waals surface area (Å²) in [5.74, 6) is -0.439. The van der Waals surface area contributed by atoms with E-state index in [1.54, 1.807) is 31.2 Å². The SMILES string of the molecule is CC[C@@H](Oc1ccc(Cl)cc1)C(=O)O. The molecule has 0 aliphatic heterocycles. The van der Waals surface area contributed by atoms with Gasteiger partial charge in [0.2, 0.25) is 0 Å². The molecule has 0 saturated heterocycles. The third-order valence-corrected chi connectivity index (χ3v) is 1.99. The first-order valence-electron chi connectivity index (χ1n) is 4.28. The lowest BCUT2D eigenvalue weighted by atomic mass is 10.3. The summed E-state index contributed by atoms with van der Waals surface area (Å²) in [6, 6.07) is 6.61. The van der Waals surface area contributed by atoms with Crippen molar-refractivity contribution in [3.63, 3.8) is 0 Å². The van der Waals surface area contributed by atoms with Gasteiger partial charge in [-0.2, -0.15) is 0 Å². The van der Waals surface area contributed by atoms with E-state index in [-0.39, 0.29) is 0 Å². The average Bonchev–Trinajstić information content (AvgIpc) is 2.16. The van der Waals surface area contributed by atoms with Gasteiger partial charge in [-0.25, -0.2) is 4.79 Å². The molecule has 0 radical (unpaired) electrons. The molecule has 76 valence electrons. The van der Waals surface area contributed by atoms with E-state index in [4.69, 9.17) is 21.4 Å². The Kier molecular flexibility index (Phi) is 3.77. The van der Waals surface area contributed by atoms with E-state index in [2.05, 4.69) is 0 Å². The fourth-order valence-electron chi connectivity index (χ4n) is 0.986. The number of benzene rings is 1. The summed E-state index contributed by atoms with van der Waals surface area (Å²) in [6.45, 7) is 1.76. The van der Waals surface area contributed by atoms with Crippen molar-refractivity contribution in [2.24, 2.45) is 0 Å². The van der Waals surface area contributed by atoms with E-state index >= 15 is 0 Å². The number of carboxylic acid groups (broad SMARTS) is 1. The number of halogens is 1. The lowest BCUT2D eigenvalue weighted by molar-refractivity contribution is -0.145. The molecule has 0 heterocycles. The van der Waals surface area contributed by atoms with Crippen molar-refractivity contribution >= 4 is 17.6 Å². The minimum absolute atomic E-state index is 0.429. The number of hydrogen-bond donors (Lipinski definition) is 1. The molecule has 1 aromatic carbocycles. The topological polar surface area (TPSA) is 46.5 Å². The molecule has 1 rings (SSSR count). The average molecular weight is 215 g/mol. The first-order chi connectivity index (χ1) is 6.63. The van der Waals surface area contributed by atoms with Gasteiger partial charge in [0.05, 0.1) is 0 Å². The van der Waals surface area contributed by atoms with E-state index in [1.165, 1.54) is 0 Å². The summed E-state index contributed by atoms with van der Waals surface area (Å²) in [4.78, 5) is 10.7. The first kappa shape index (κ1) is 10.9. The molecule has 0 spiro atoms. The number of ether oxygens (including phenoxy) is 1. The Morgan fingerprint density at radius 1 is 1.50 bits per heavy atom. The molecule has 0 unspecified atom stereocenters. The van der Waals surface area contributed by atoms with Crippen molar-refractivity contribution in [1.29, 1.82) is 0 Å². The van der Waals surface area contributed by atoms with Crippen LogP contribution >= 0.6 is 11.6 Å². The van der Waals surface area contributed by atoms with Crippen molar-refractivity contribution in [1.82, 2.24) is 0 Å². The lowest BCUT2D eigenvalue weighted by Crippen LogP contribution is -2.25. The van der Waals surface area contributed by atoms with Gasteiger partial charge in [-0.05, 0) is 30.7 Å². The second-order valence-electron chi connectivity index (χ2n) is 2.81. The van der Waals surface area contributed by atoms with Gasteiger partial charge in [0, 0.05) is 5.02 Å². The summed E-state index contributed by atoms with van der Waals surface area (Å²) in [5, 5.41) is 9.34. The zero-order chi connectivity index (χ0) is 10.6. The second-order valence-corrected chi connectivity index (χ2v) is 3.24. The first-order valence-corrected chi connectivity index (χ1v) is 4.66. The third-order valence-electron chi connectivity index (χ3n) is 1.74. The number of carboxylic acids is 1. The maximum Gasteiger partial charge on any atom is 0.344 e. The summed E-state index contributed by atoms with van der Waals surface area (Å²) in [6.07, 6.45) is -0.367. The van der Waals surface area contributed by atoms with Crippen molar-refractivity contribution in [2.45, 2.75) is 19.4 Å². The summed E-state index contributed by atoms with van der Waals surface area (Å²) in [5.41, 5.74) is 0. The molecule has 1 atom stereocenters. The Labute approximate surface area is 87.3 Å². The third kappa shape index (κ3) is 2.92. The largest absolute Gasteiger partial charge is 0.479 e. The highest BCUT2D eigenvalue weighted by Gasteiger charge is 2.16. The van der Waals surface area contributed by atoms with Gasteiger partial charge in [-0.3, -0.25) is 0 Å². The lowest BCUT2D eigenvalue weighted by Gasteiger charge is -2.12. The minimum Gasteiger partial charge on any atom is -0.479 e. The van der Waals surface area contributed by atoms with Crippen LogP contribution in [0.15, 0.2) is 24.3 Å². The normalized spacial score (nSPS) is 12.1. The summed E-state index contributed by atoms with van der Waals surface area (Å²) < 4.78 is 5.22. The van der Waals surface area contributed by atoms with Gasteiger partial charge in [-0.15, -0.1) is 0 Å². The minimum atomic E-state index is -0.956. The zero-order valence-electron chi connectivity index (χ0n) is 7.74. The molecule has 0 aromatic heterocycles. The molecule has 0 fully saturated rings. The molecule has 0 aliphatic carbocycles. The monoisotopic (exact) mass is 214 g/mol. The Balaban J connectivity index is 2.67. The van der Waals surface area contributed by atoms with Gasteiger partial charge < -0.3 is 9.84 Å². The molecule has 4 heteroatoms. The number of rotatable bonds is 4. The van der Waals surface area contributed by atoms with Crippen LogP contribution in [0.4, 0.5) is 0 Å². The number of aliphatic carboxylic acids is 1. The van der Waals surface area contributed by atoms with Gasteiger partial charge in [0.1, 0.15) is 5.75 Å². The molecule has 14 heavy (non-hydrogen) atoms. The fourth-order valence-corrected chi connectivity index (χ4v) is 1.11. The van der Waals surface area contributed by atoms with Crippen LogP contribution in [0, 0.1) is 0 Å². The maximum absolute atomic E-state index is 10.7. The highest BCUT2D eigenvalue weighted by atomic mass is 35.5. The molecule has 0 saturated carbocycles. The molecule has 3 nitrogen and oxygen atoms in total. The van der Waals surface area contributed by atoms with Crippen LogP contribution in [-0.2, 0) is 4.79 Å². The van der Waals surface area contributed by atoms with Crippen LogP contribution in [0.25, 0.3) is 0 Å². The highest BCUT2D eigenvalue weighted by Crippen LogP contribution is 2.17. The van der Waals surface area contributed by atoms with Gasteiger partial charge >= 0.3 is 5.97 Å². The van der Waals surface area contributed by atoms with Crippen LogP contribution in [0.1, 0.15) is 13.3 Å². The molecular formula is C10H11ClO3. The fraction of sp³-hybridized carbons (Fsp3) is 0.300. The predicted octanol–water partition coefficient (Wildman–Crippen LogP) is 2.58. The number of carbonyl (C=O) groups is 1. The number of hydrogen-bond acceptors (Lipinski definition) is 2. The molecule has 1 N–H and O–H groups in total. The van der Waals surface area contributed by atoms with Crippen molar-refractivity contribution in [2.75, 3.05) is 0 Å². The smallest absolute Gasteiger partial charge is 0.344 e. The van der Waals surface area contributed by atoms with Crippen molar-refractivity contribution < 1.29 is 14.6 Å². The van der Waals surface area contributed by atoms with Crippen LogP contribution in [0.5, 0.6) is 5.75 Å². The Hall–Kier alpha value is -1.22.